The number of carbonyl (C=O) groups is 2. The summed E-state index contributed by atoms with van der Waals surface area (Å²) in [6.45, 7) is 1.25. The Morgan fingerprint density at radius 2 is 1.88 bits per heavy atom. The van der Waals surface area contributed by atoms with Crippen molar-refractivity contribution in [3.8, 4) is 11.3 Å². The number of benzene rings is 2. The van der Waals surface area contributed by atoms with Gasteiger partial charge in [-0.2, -0.15) is 0 Å². The number of aromatic nitrogens is 1. The van der Waals surface area contributed by atoms with Gasteiger partial charge in [0.25, 0.3) is 0 Å². The molecule has 0 spiro atoms. The second-order valence-corrected chi connectivity index (χ2v) is 10.2. The number of amides is 2. The van der Waals surface area contributed by atoms with E-state index in [0.717, 1.165) is 33.6 Å². The lowest BCUT2D eigenvalue weighted by Crippen LogP contribution is -2.37. The van der Waals surface area contributed by atoms with Gasteiger partial charge >= 0.3 is 0 Å². The van der Waals surface area contributed by atoms with Gasteiger partial charge in [0.05, 0.1) is 26.4 Å². The molecule has 1 fully saturated rings. The number of nitrogens with one attached hydrogen (secondary N) is 1. The molecular formula is C24H20BrCl2N3O2S. The van der Waals surface area contributed by atoms with Crippen LogP contribution < -0.4 is 5.32 Å². The smallest absolute Gasteiger partial charge is 0.248 e. The maximum atomic E-state index is 12.5. The molecule has 1 saturated heterocycles. The van der Waals surface area contributed by atoms with Crippen LogP contribution in [0.15, 0.2) is 64.5 Å². The second-order valence-electron chi connectivity index (χ2n) is 7.60. The van der Waals surface area contributed by atoms with Crippen molar-refractivity contribution < 1.29 is 9.59 Å². The monoisotopic (exact) mass is 563 g/mol. The molecule has 0 radical (unpaired) electrons. The van der Waals surface area contributed by atoms with Gasteiger partial charge in [0.15, 0.2) is 0 Å². The van der Waals surface area contributed by atoms with Crippen LogP contribution in [-0.2, 0) is 9.59 Å². The normalized spacial score (nSPS) is 14.6. The number of rotatable bonds is 5. The molecule has 3 aromatic rings. The summed E-state index contributed by atoms with van der Waals surface area (Å²) in [5.41, 5.74) is 2.46. The second kappa shape index (κ2) is 10.8. The van der Waals surface area contributed by atoms with Gasteiger partial charge in [-0.3, -0.25) is 9.59 Å². The lowest BCUT2D eigenvalue weighted by atomic mass is 9.97. The Hall–Kier alpha value is -2.19. The van der Waals surface area contributed by atoms with Crippen LogP contribution in [0.5, 0.6) is 0 Å². The lowest BCUT2D eigenvalue weighted by Gasteiger charge is -2.30. The van der Waals surface area contributed by atoms with Crippen molar-refractivity contribution in [3.63, 3.8) is 0 Å². The largest absolute Gasteiger partial charge is 0.339 e. The van der Waals surface area contributed by atoms with Gasteiger partial charge in [-0.05, 0) is 37.1 Å². The number of piperidine rings is 1. The fourth-order valence-electron chi connectivity index (χ4n) is 3.63. The standard InChI is InChI=1S/C24H20BrCl2N3O2S/c25-17-4-1-3-16(13-17)20-14-33-24(29-20)15-9-11-30(12-10-15)22(32)8-7-21(31)28-19-6-2-5-18(26)23(19)27/h1-8,13-15H,9-12H2,(H,28,31)/b8-7+. The first kappa shape index (κ1) is 24.0. The van der Waals surface area contributed by atoms with E-state index in [-0.39, 0.29) is 10.9 Å². The zero-order valence-corrected chi connectivity index (χ0v) is 21.3. The van der Waals surface area contributed by atoms with Crippen molar-refractivity contribution in [2.24, 2.45) is 0 Å². The average Bonchev–Trinajstić information content (AvgIpc) is 3.31. The van der Waals surface area contributed by atoms with Crippen LogP contribution in [0.25, 0.3) is 11.3 Å². The highest BCUT2D eigenvalue weighted by Gasteiger charge is 2.25. The van der Waals surface area contributed by atoms with Crippen LogP contribution in [0.3, 0.4) is 0 Å². The highest BCUT2D eigenvalue weighted by atomic mass is 79.9. The van der Waals surface area contributed by atoms with Crippen LogP contribution in [0.4, 0.5) is 5.69 Å². The molecule has 2 heterocycles. The maximum absolute atomic E-state index is 12.5. The Kier molecular flexibility index (Phi) is 7.86. The minimum atomic E-state index is -0.440. The van der Waals surface area contributed by atoms with E-state index < -0.39 is 5.91 Å². The van der Waals surface area contributed by atoms with Crippen molar-refractivity contribution >= 4 is 68.0 Å². The Balaban J connectivity index is 1.30. The van der Waals surface area contributed by atoms with Crippen LogP contribution >= 0.6 is 50.5 Å². The molecule has 1 N–H and O–H groups in total. The quantitative estimate of drug-likeness (QED) is 0.347. The highest BCUT2D eigenvalue weighted by Crippen LogP contribution is 2.33. The fourth-order valence-corrected chi connectivity index (χ4v) is 5.38. The summed E-state index contributed by atoms with van der Waals surface area (Å²) in [7, 11) is 0. The third kappa shape index (κ3) is 6.03. The van der Waals surface area contributed by atoms with E-state index in [9.17, 15) is 9.59 Å². The van der Waals surface area contributed by atoms with Gasteiger partial charge in [0, 0.05) is 46.6 Å². The van der Waals surface area contributed by atoms with E-state index >= 15 is 0 Å². The minimum absolute atomic E-state index is 0.185. The Labute approximate surface area is 214 Å². The van der Waals surface area contributed by atoms with Gasteiger partial charge < -0.3 is 10.2 Å². The van der Waals surface area contributed by atoms with Crippen LogP contribution in [0.1, 0.15) is 23.8 Å². The molecule has 0 aliphatic carbocycles. The van der Waals surface area contributed by atoms with Crippen molar-refractivity contribution in [1.82, 2.24) is 9.88 Å². The third-order valence-corrected chi connectivity index (χ3v) is 7.70. The van der Waals surface area contributed by atoms with Gasteiger partial charge in [0.2, 0.25) is 11.8 Å². The first-order valence-electron chi connectivity index (χ1n) is 10.3. The number of carbonyl (C=O) groups excluding carboxylic acids is 2. The molecule has 33 heavy (non-hydrogen) atoms. The van der Waals surface area contributed by atoms with Crippen molar-refractivity contribution in [1.29, 1.82) is 0 Å². The van der Waals surface area contributed by atoms with E-state index in [0.29, 0.717) is 29.7 Å². The average molecular weight is 565 g/mol. The maximum Gasteiger partial charge on any atom is 0.248 e. The van der Waals surface area contributed by atoms with Gasteiger partial charge in [-0.1, -0.05) is 57.3 Å². The summed E-state index contributed by atoms with van der Waals surface area (Å²) < 4.78 is 1.03. The first-order valence-corrected chi connectivity index (χ1v) is 12.8. The van der Waals surface area contributed by atoms with E-state index in [1.807, 2.05) is 18.2 Å². The molecule has 0 saturated carbocycles. The minimum Gasteiger partial charge on any atom is -0.339 e. The molecule has 2 aromatic carbocycles. The molecule has 170 valence electrons. The number of hydrogen-bond donors (Lipinski definition) is 1. The molecule has 5 nitrogen and oxygen atoms in total. The predicted octanol–water partition coefficient (Wildman–Crippen LogP) is 6.78. The van der Waals surface area contributed by atoms with Gasteiger partial charge in [0.1, 0.15) is 0 Å². The predicted molar refractivity (Wildman–Crippen MR) is 138 cm³/mol. The van der Waals surface area contributed by atoms with Gasteiger partial charge in [-0.15, -0.1) is 11.3 Å². The number of anilines is 1. The summed E-state index contributed by atoms with van der Waals surface area (Å²) in [5.74, 6) is -0.294. The molecule has 0 atom stereocenters. The summed E-state index contributed by atoms with van der Waals surface area (Å²) in [6.07, 6.45) is 4.20. The number of halogens is 3. The molecule has 1 aliphatic rings. The SMILES string of the molecule is O=C(/C=C/C(=O)N1CCC(c2nc(-c3cccc(Br)c3)cs2)CC1)Nc1cccc(Cl)c1Cl. The van der Waals surface area contributed by atoms with Gasteiger partial charge in [-0.25, -0.2) is 4.98 Å². The Morgan fingerprint density at radius 1 is 1.12 bits per heavy atom. The lowest BCUT2D eigenvalue weighted by molar-refractivity contribution is -0.127. The number of likely N-dealkylation sites (tertiary alicyclic amines) is 1. The molecule has 0 bridgehead atoms. The Morgan fingerprint density at radius 3 is 2.64 bits per heavy atom. The molecule has 9 heteroatoms. The van der Waals surface area contributed by atoms with Crippen molar-refractivity contribution in [3.05, 3.63) is 79.5 Å². The first-order chi connectivity index (χ1) is 15.9. The molecule has 1 aromatic heterocycles. The molecule has 2 amide bonds. The zero-order chi connectivity index (χ0) is 23.4. The molecule has 4 rings (SSSR count). The number of hydrogen-bond acceptors (Lipinski definition) is 4. The fraction of sp³-hybridized carbons (Fsp3) is 0.208. The van der Waals surface area contributed by atoms with E-state index in [2.05, 4.69) is 32.7 Å². The van der Waals surface area contributed by atoms with Crippen molar-refractivity contribution in [2.45, 2.75) is 18.8 Å². The number of nitrogens with zero attached hydrogens (tertiary/aromatic N) is 2. The highest BCUT2D eigenvalue weighted by molar-refractivity contribution is 9.10. The number of thiazole rings is 1. The van der Waals surface area contributed by atoms with Crippen LogP contribution in [0.2, 0.25) is 10.0 Å². The molecular weight excluding hydrogens is 545 g/mol. The van der Waals surface area contributed by atoms with Crippen molar-refractivity contribution in [2.75, 3.05) is 18.4 Å². The summed E-state index contributed by atoms with van der Waals surface area (Å²) in [5, 5.41) is 6.43. The molecule has 0 unspecified atom stereocenters. The third-order valence-electron chi connectivity index (χ3n) is 5.38. The summed E-state index contributed by atoms with van der Waals surface area (Å²) in [4.78, 5) is 31.3. The summed E-state index contributed by atoms with van der Waals surface area (Å²) >= 11 is 17.2. The summed E-state index contributed by atoms with van der Waals surface area (Å²) in [6, 6.07) is 13.1. The zero-order valence-electron chi connectivity index (χ0n) is 17.4. The van der Waals surface area contributed by atoms with Crippen LogP contribution in [-0.4, -0.2) is 34.8 Å². The topological polar surface area (TPSA) is 62.3 Å². The van der Waals surface area contributed by atoms with E-state index in [1.165, 1.54) is 12.2 Å². The van der Waals surface area contributed by atoms with Crippen LogP contribution in [0, 0.1) is 0 Å². The molecule has 1 aliphatic heterocycles. The van der Waals surface area contributed by atoms with E-state index in [1.54, 1.807) is 34.4 Å². The van der Waals surface area contributed by atoms with E-state index in [4.69, 9.17) is 28.2 Å². The Bertz CT molecular complexity index is 1210.